The minimum absolute atomic E-state index is 0.0413. The van der Waals surface area contributed by atoms with Crippen LogP contribution in [0.2, 0.25) is 0 Å². The molecule has 9 nitrogen and oxygen atoms in total. The molecule has 204 valence electrons. The van der Waals surface area contributed by atoms with Gasteiger partial charge in [-0.2, -0.15) is 0 Å². The zero-order valence-corrected chi connectivity index (χ0v) is 22.2. The maximum absolute atomic E-state index is 14.6. The smallest absolute Gasteiger partial charge is 0.343 e. The van der Waals surface area contributed by atoms with Crippen molar-refractivity contribution in [2.45, 2.75) is 52.4 Å². The first-order valence-electron chi connectivity index (χ1n) is 13.1. The van der Waals surface area contributed by atoms with Crippen LogP contribution in [0.4, 0.5) is 4.39 Å². The molecule has 2 aromatic heterocycles. The molecule has 1 amide bonds. The highest BCUT2D eigenvalue weighted by Gasteiger charge is 2.45. The van der Waals surface area contributed by atoms with Gasteiger partial charge in [0.15, 0.2) is 5.60 Å². The third-order valence-corrected chi connectivity index (χ3v) is 7.77. The second kappa shape index (κ2) is 10.0. The van der Waals surface area contributed by atoms with Crippen LogP contribution in [0, 0.1) is 12.7 Å². The number of halogens is 1. The number of rotatable bonds is 7. The highest BCUT2D eigenvalue weighted by Crippen LogP contribution is 2.40. The number of aliphatic hydroxyl groups is 1. The summed E-state index contributed by atoms with van der Waals surface area (Å²) in [6.07, 6.45) is 4.48. The molecule has 5 rings (SSSR count). The summed E-state index contributed by atoms with van der Waals surface area (Å²) in [4.78, 5) is 44.5. The van der Waals surface area contributed by atoms with Crippen LogP contribution >= 0.6 is 0 Å². The summed E-state index contributed by atoms with van der Waals surface area (Å²) in [5.41, 5.74) is 7.11. The molecule has 4 heterocycles. The Morgan fingerprint density at radius 1 is 1.28 bits per heavy atom. The number of nitrogens with zero attached hydrogens (tertiary/aromatic N) is 3. The van der Waals surface area contributed by atoms with Gasteiger partial charge in [0.2, 0.25) is 5.91 Å². The van der Waals surface area contributed by atoms with Crippen molar-refractivity contribution in [3.63, 3.8) is 0 Å². The van der Waals surface area contributed by atoms with Crippen molar-refractivity contribution < 1.29 is 23.8 Å². The van der Waals surface area contributed by atoms with Gasteiger partial charge < -0.3 is 25.0 Å². The molecule has 1 atom stereocenters. The van der Waals surface area contributed by atoms with E-state index in [1.807, 2.05) is 19.1 Å². The number of fused-ring (bicyclic) bond motifs is 5. The first-order valence-corrected chi connectivity index (χ1v) is 13.1. The Morgan fingerprint density at radius 3 is 2.74 bits per heavy atom. The molecule has 0 radical (unpaired) electrons. The van der Waals surface area contributed by atoms with Crippen molar-refractivity contribution in [2.75, 3.05) is 19.6 Å². The number of aryl methyl sites for hydroxylation is 1. The number of carbonyl (C=O) groups is 2. The topological polar surface area (TPSA) is 128 Å². The van der Waals surface area contributed by atoms with Crippen LogP contribution in [0.3, 0.4) is 0 Å². The summed E-state index contributed by atoms with van der Waals surface area (Å²) in [5, 5.41) is 11.9. The molecule has 0 fully saturated rings. The molecule has 39 heavy (non-hydrogen) atoms. The number of benzene rings is 1. The normalized spacial score (nSPS) is 17.7. The molecule has 0 saturated heterocycles. The Kier molecular flexibility index (Phi) is 6.86. The largest absolute Gasteiger partial charge is 0.458 e. The number of esters is 1. The van der Waals surface area contributed by atoms with E-state index in [2.05, 4.69) is 0 Å². The molecule has 1 aromatic carbocycles. The summed E-state index contributed by atoms with van der Waals surface area (Å²) in [6.45, 7) is 6.23. The fourth-order valence-corrected chi connectivity index (χ4v) is 5.45. The predicted octanol–water partition coefficient (Wildman–Crippen LogP) is 2.74. The van der Waals surface area contributed by atoms with E-state index >= 15 is 0 Å². The van der Waals surface area contributed by atoms with E-state index < -0.39 is 17.4 Å². The van der Waals surface area contributed by atoms with Gasteiger partial charge in [0, 0.05) is 35.7 Å². The number of nitrogens with two attached hydrogens (primary N) is 1. The number of cyclic esters (lactones) is 1. The Bertz CT molecular complexity index is 1610. The van der Waals surface area contributed by atoms with Gasteiger partial charge in [0.25, 0.3) is 5.56 Å². The van der Waals surface area contributed by atoms with Gasteiger partial charge in [-0.05, 0) is 49.9 Å². The van der Waals surface area contributed by atoms with E-state index in [1.54, 1.807) is 35.4 Å². The Balaban J connectivity index is 1.65. The number of carbonyl (C=O) groups excluding carboxylic acids is 2. The lowest BCUT2D eigenvalue weighted by Crippen LogP contribution is -2.44. The highest BCUT2D eigenvalue weighted by atomic mass is 19.1. The van der Waals surface area contributed by atoms with Crippen molar-refractivity contribution in [1.29, 1.82) is 0 Å². The number of aromatic nitrogens is 2. The molecule has 2 aliphatic rings. The first-order chi connectivity index (χ1) is 18.6. The predicted molar refractivity (Wildman–Crippen MR) is 144 cm³/mol. The van der Waals surface area contributed by atoms with E-state index in [-0.39, 0.29) is 48.7 Å². The van der Waals surface area contributed by atoms with Crippen molar-refractivity contribution >= 4 is 28.9 Å². The van der Waals surface area contributed by atoms with Crippen LogP contribution in [-0.2, 0) is 33.1 Å². The molecule has 2 aliphatic heterocycles. The number of likely N-dealkylation sites (N-methyl/N-ethyl adjacent to an activating group) is 1. The molecule has 0 saturated carbocycles. The first kappa shape index (κ1) is 26.7. The number of pyridine rings is 2. The van der Waals surface area contributed by atoms with Crippen LogP contribution < -0.4 is 11.3 Å². The number of hydrogen-bond donors (Lipinski definition) is 2. The van der Waals surface area contributed by atoms with Crippen molar-refractivity contribution in [3.8, 4) is 11.4 Å². The maximum Gasteiger partial charge on any atom is 0.343 e. The van der Waals surface area contributed by atoms with E-state index in [0.29, 0.717) is 42.0 Å². The molecular weight excluding hydrogens is 503 g/mol. The maximum atomic E-state index is 14.6. The molecule has 3 aromatic rings. The van der Waals surface area contributed by atoms with Gasteiger partial charge in [-0.1, -0.05) is 19.1 Å². The number of amides is 1. The minimum atomic E-state index is -1.93. The molecule has 3 N–H and O–H groups in total. The SMILES string of the molecule is CCN(CC/C=C/c1c2c(nc3cc(F)c(C)cc13)-c1cc3c(c(=O)n1C2)COC(=O)[C@]3(O)CC)C(=O)CN. The highest BCUT2D eigenvalue weighted by molar-refractivity contribution is 5.94. The third kappa shape index (κ3) is 4.24. The lowest BCUT2D eigenvalue weighted by atomic mass is 9.86. The summed E-state index contributed by atoms with van der Waals surface area (Å²) in [5.74, 6) is -1.31. The van der Waals surface area contributed by atoms with Gasteiger partial charge in [0.1, 0.15) is 12.4 Å². The number of hydrogen-bond acceptors (Lipinski definition) is 7. The second-order valence-electron chi connectivity index (χ2n) is 9.94. The Morgan fingerprint density at radius 2 is 2.05 bits per heavy atom. The molecule has 0 unspecified atom stereocenters. The van der Waals surface area contributed by atoms with Gasteiger partial charge in [0.05, 0.1) is 35.6 Å². The zero-order chi connectivity index (χ0) is 28.1. The molecule has 0 spiro atoms. The summed E-state index contributed by atoms with van der Waals surface area (Å²) in [7, 11) is 0. The average molecular weight is 535 g/mol. The monoisotopic (exact) mass is 534 g/mol. The molecule has 0 aliphatic carbocycles. The van der Waals surface area contributed by atoms with Crippen LogP contribution in [-0.4, -0.2) is 51.1 Å². The second-order valence-corrected chi connectivity index (χ2v) is 9.94. The quantitative estimate of drug-likeness (QED) is 0.349. The third-order valence-electron chi connectivity index (χ3n) is 7.77. The van der Waals surface area contributed by atoms with Crippen LogP contribution in [0.5, 0.6) is 0 Å². The Labute approximate surface area is 224 Å². The zero-order valence-electron chi connectivity index (χ0n) is 22.2. The molecule has 0 bridgehead atoms. The summed E-state index contributed by atoms with van der Waals surface area (Å²) in [6, 6.07) is 4.76. The fourth-order valence-electron chi connectivity index (χ4n) is 5.45. The average Bonchev–Trinajstić information content (AvgIpc) is 3.29. The lowest BCUT2D eigenvalue weighted by Gasteiger charge is -2.31. The van der Waals surface area contributed by atoms with Crippen LogP contribution in [0.1, 0.15) is 54.5 Å². The van der Waals surface area contributed by atoms with Gasteiger partial charge in [-0.25, -0.2) is 14.2 Å². The van der Waals surface area contributed by atoms with Crippen LogP contribution in [0.15, 0.2) is 29.1 Å². The standard InChI is InChI=1S/C29H31FN4O5/c1-4-29(38)21-11-24-26-19(14-34(24)27(36)20(21)15-39-28(29)37)17(8-6-7-9-33(5-2)25(35)13-31)18-10-16(3)22(30)12-23(18)32-26/h6,8,10-12,38H,4-5,7,9,13-15,31H2,1-3H3/b8-6+/t29-/m0/s1. The van der Waals surface area contributed by atoms with E-state index in [1.165, 1.54) is 6.07 Å². The van der Waals surface area contributed by atoms with Gasteiger partial charge in [-0.3, -0.25) is 9.59 Å². The van der Waals surface area contributed by atoms with Crippen molar-refractivity contribution in [2.24, 2.45) is 5.73 Å². The summed E-state index contributed by atoms with van der Waals surface area (Å²) < 4.78 is 21.3. The van der Waals surface area contributed by atoms with Crippen LogP contribution in [0.25, 0.3) is 28.4 Å². The molecule has 10 heteroatoms. The molecular formula is C29H31FN4O5. The van der Waals surface area contributed by atoms with Gasteiger partial charge >= 0.3 is 5.97 Å². The fraction of sp³-hybridized carbons (Fsp3) is 0.379. The summed E-state index contributed by atoms with van der Waals surface area (Å²) >= 11 is 0. The van der Waals surface area contributed by atoms with E-state index in [0.717, 1.165) is 16.5 Å². The lowest BCUT2D eigenvalue weighted by molar-refractivity contribution is -0.172. The minimum Gasteiger partial charge on any atom is -0.458 e. The van der Waals surface area contributed by atoms with E-state index in [4.69, 9.17) is 15.5 Å². The number of ether oxygens (including phenoxy) is 1. The van der Waals surface area contributed by atoms with E-state index in [9.17, 15) is 23.9 Å². The van der Waals surface area contributed by atoms with Crippen molar-refractivity contribution in [3.05, 3.63) is 68.3 Å². The Hall–Kier alpha value is -3.89. The van der Waals surface area contributed by atoms with Gasteiger partial charge in [-0.15, -0.1) is 0 Å². The van der Waals surface area contributed by atoms with Crippen molar-refractivity contribution in [1.82, 2.24) is 14.5 Å².